The second-order valence-corrected chi connectivity index (χ2v) is 2.10. The van der Waals surface area contributed by atoms with Gasteiger partial charge in [-0.25, -0.2) is 20.0 Å². The van der Waals surface area contributed by atoms with Crippen LogP contribution in [0.5, 0.6) is 0 Å². The van der Waals surface area contributed by atoms with Gasteiger partial charge < -0.3 is 10.5 Å². The highest BCUT2D eigenvalue weighted by Gasteiger charge is 2.05. The Bertz CT molecular complexity index is 330. The minimum Gasteiger partial charge on any atom is -0.465 e. The zero-order chi connectivity index (χ0) is 9.84. The van der Waals surface area contributed by atoms with E-state index in [4.69, 9.17) is 10.9 Å². The molecular weight excluding hydrogens is 179 g/mol. The largest absolute Gasteiger partial charge is 0.465 e. The number of nitrogen functional groups attached to an aromatic ring is 1. The van der Waals surface area contributed by atoms with Crippen molar-refractivity contribution in [2.24, 2.45) is 5.84 Å². The molecule has 0 spiro atoms. The lowest BCUT2D eigenvalue weighted by molar-refractivity contribution is 0.209. The first-order valence-electron chi connectivity index (χ1n) is 3.26. The van der Waals surface area contributed by atoms with Crippen molar-refractivity contribution in [1.82, 2.24) is 4.98 Å². The number of hydrazine groups is 1. The Kier molecular flexibility index (Phi) is 2.60. The Labute approximate surface area is 72.5 Å². The van der Waals surface area contributed by atoms with E-state index >= 15 is 0 Å². The smallest absolute Gasteiger partial charge is 0.410 e. The van der Waals surface area contributed by atoms with E-state index in [0.29, 0.717) is 0 Å². The molecule has 1 heterocycles. The number of carboxylic acid groups (broad SMARTS) is 1. The van der Waals surface area contributed by atoms with Crippen LogP contribution < -0.4 is 16.6 Å². The van der Waals surface area contributed by atoms with Crippen LogP contribution in [0.2, 0.25) is 0 Å². The number of hydrogen-bond acceptors (Lipinski definition) is 4. The lowest BCUT2D eigenvalue weighted by Crippen LogP contribution is -2.13. The summed E-state index contributed by atoms with van der Waals surface area (Å²) in [6.07, 6.45) is -1.28. The molecule has 1 aromatic heterocycles. The van der Waals surface area contributed by atoms with Gasteiger partial charge in [0.1, 0.15) is 5.82 Å². The molecule has 70 valence electrons. The summed E-state index contributed by atoms with van der Waals surface area (Å²) in [6, 6.07) is 2.23. The molecule has 0 bridgehead atoms. The van der Waals surface area contributed by atoms with Crippen molar-refractivity contribution >= 4 is 17.7 Å². The molecule has 1 amide bonds. The Hall–Kier alpha value is -1.89. The molecule has 0 radical (unpaired) electrons. The van der Waals surface area contributed by atoms with Crippen LogP contribution in [-0.4, -0.2) is 16.2 Å². The van der Waals surface area contributed by atoms with E-state index in [1.807, 2.05) is 10.7 Å². The molecule has 0 atom stereocenters. The third kappa shape index (κ3) is 2.27. The molecule has 13 heavy (non-hydrogen) atoms. The van der Waals surface area contributed by atoms with Crippen molar-refractivity contribution < 1.29 is 14.3 Å². The van der Waals surface area contributed by atoms with Crippen LogP contribution in [0.1, 0.15) is 0 Å². The van der Waals surface area contributed by atoms with Gasteiger partial charge in [-0.1, -0.05) is 0 Å². The van der Waals surface area contributed by atoms with E-state index in [2.05, 4.69) is 4.98 Å². The summed E-state index contributed by atoms with van der Waals surface area (Å²) in [5.41, 5.74) is 1.99. The number of nitrogens with zero attached hydrogens (tertiary/aromatic N) is 1. The summed E-state index contributed by atoms with van der Waals surface area (Å²) < 4.78 is 12.7. The van der Waals surface area contributed by atoms with Gasteiger partial charge in [-0.05, 0) is 12.1 Å². The van der Waals surface area contributed by atoms with Crippen LogP contribution in [0.4, 0.5) is 20.8 Å². The lowest BCUT2D eigenvalue weighted by Gasteiger charge is -2.03. The molecular formula is C6H7FN4O2. The van der Waals surface area contributed by atoms with Crippen molar-refractivity contribution in [3.8, 4) is 0 Å². The fraction of sp³-hybridized carbons (Fsp3) is 0. The van der Waals surface area contributed by atoms with Crippen LogP contribution in [0.25, 0.3) is 0 Å². The predicted molar refractivity (Wildman–Crippen MR) is 43.7 cm³/mol. The molecule has 0 unspecified atom stereocenters. The number of nitrogens with one attached hydrogen (secondary N) is 2. The van der Waals surface area contributed by atoms with Crippen molar-refractivity contribution in [1.29, 1.82) is 0 Å². The first-order chi connectivity index (χ1) is 6.13. The number of halogens is 1. The maximum Gasteiger partial charge on any atom is 0.410 e. The van der Waals surface area contributed by atoms with Crippen LogP contribution in [0, 0.1) is 5.82 Å². The van der Waals surface area contributed by atoms with Crippen LogP contribution in [0.3, 0.4) is 0 Å². The fourth-order valence-corrected chi connectivity index (χ4v) is 0.723. The molecule has 0 saturated carbocycles. The molecule has 0 aliphatic rings. The second kappa shape index (κ2) is 3.68. The molecule has 0 saturated heterocycles. The second-order valence-electron chi connectivity index (χ2n) is 2.10. The number of amides is 1. The maximum atomic E-state index is 12.7. The van der Waals surface area contributed by atoms with Gasteiger partial charge >= 0.3 is 6.09 Å². The van der Waals surface area contributed by atoms with Gasteiger partial charge in [-0.2, -0.15) is 0 Å². The minimum atomic E-state index is -1.28. The van der Waals surface area contributed by atoms with Crippen LogP contribution in [-0.2, 0) is 0 Å². The third-order valence-corrected chi connectivity index (χ3v) is 1.22. The average molecular weight is 186 g/mol. The number of carbonyl (C=O) groups is 1. The van der Waals surface area contributed by atoms with Gasteiger partial charge in [0.2, 0.25) is 0 Å². The predicted octanol–water partition coefficient (Wildman–Crippen LogP) is 0.596. The molecule has 0 aromatic carbocycles. The van der Waals surface area contributed by atoms with Gasteiger partial charge in [0.25, 0.3) is 0 Å². The summed E-state index contributed by atoms with van der Waals surface area (Å²) in [6.45, 7) is 0. The molecule has 6 nitrogen and oxygen atoms in total. The number of pyridine rings is 1. The van der Waals surface area contributed by atoms with E-state index in [9.17, 15) is 9.18 Å². The van der Waals surface area contributed by atoms with E-state index in [1.165, 1.54) is 6.07 Å². The number of nitrogens with two attached hydrogens (primary N) is 1. The minimum absolute atomic E-state index is 0.00171. The number of anilines is 2. The zero-order valence-electron chi connectivity index (χ0n) is 6.41. The van der Waals surface area contributed by atoms with E-state index in [-0.39, 0.29) is 11.6 Å². The molecule has 0 fully saturated rings. The Morgan fingerprint density at radius 2 is 2.31 bits per heavy atom. The van der Waals surface area contributed by atoms with Crippen molar-refractivity contribution in [2.75, 3.05) is 10.7 Å². The summed E-state index contributed by atoms with van der Waals surface area (Å²) in [4.78, 5) is 13.7. The first-order valence-corrected chi connectivity index (χ1v) is 3.26. The maximum absolute atomic E-state index is 12.7. The Morgan fingerprint density at radius 3 is 2.85 bits per heavy atom. The number of aromatic nitrogens is 1. The highest BCUT2D eigenvalue weighted by atomic mass is 19.1. The third-order valence-electron chi connectivity index (χ3n) is 1.22. The molecule has 1 aromatic rings. The molecule has 5 N–H and O–H groups in total. The van der Waals surface area contributed by atoms with Crippen LogP contribution >= 0.6 is 0 Å². The summed E-state index contributed by atoms with van der Waals surface area (Å²) >= 11 is 0. The molecule has 1 rings (SSSR count). The summed E-state index contributed by atoms with van der Waals surface area (Å²) in [7, 11) is 0. The first kappa shape index (κ1) is 9.20. The molecule has 7 heteroatoms. The fourth-order valence-electron chi connectivity index (χ4n) is 0.723. The van der Waals surface area contributed by atoms with Crippen molar-refractivity contribution in [3.05, 3.63) is 17.9 Å². The SMILES string of the molecule is NNc1nc(NC(=O)O)ccc1F. The highest BCUT2D eigenvalue weighted by molar-refractivity contribution is 5.81. The standard InChI is InChI=1S/C6H7FN4O2/c7-3-1-2-4(10-6(12)13)9-5(3)11-8/h1-2H,8H2,(H,12,13)(H2,9,10,11). The Balaban J connectivity index is 2.92. The average Bonchev–Trinajstić information content (AvgIpc) is 2.07. The monoisotopic (exact) mass is 186 g/mol. The Morgan fingerprint density at radius 1 is 1.62 bits per heavy atom. The topological polar surface area (TPSA) is 100 Å². The van der Waals surface area contributed by atoms with Crippen molar-refractivity contribution in [2.45, 2.75) is 0 Å². The highest BCUT2D eigenvalue weighted by Crippen LogP contribution is 2.12. The van der Waals surface area contributed by atoms with Gasteiger partial charge in [-0.15, -0.1) is 0 Å². The van der Waals surface area contributed by atoms with E-state index in [1.54, 1.807) is 0 Å². The summed E-state index contributed by atoms with van der Waals surface area (Å²) in [5, 5.41) is 10.3. The molecule has 0 aliphatic heterocycles. The quantitative estimate of drug-likeness (QED) is 0.400. The summed E-state index contributed by atoms with van der Waals surface area (Å²) in [5.74, 6) is 4.05. The van der Waals surface area contributed by atoms with Gasteiger partial charge in [0.15, 0.2) is 11.6 Å². The van der Waals surface area contributed by atoms with Gasteiger partial charge in [-0.3, -0.25) is 5.32 Å². The van der Waals surface area contributed by atoms with Crippen LogP contribution in [0.15, 0.2) is 12.1 Å². The van der Waals surface area contributed by atoms with E-state index < -0.39 is 11.9 Å². The van der Waals surface area contributed by atoms with Gasteiger partial charge in [0.05, 0.1) is 0 Å². The van der Waals surface area contributed by atoms with Gasteiger partial charge in [0, 0.05) is 0 Å². The number of rotatable bonds is 2. The zero-order valence-corrected chi connectivity index (χ0v) is 6.41. The lowest BCUT2D eigenvalue weighted by atomic mass is 10.4. The molecule has 0 aliphatic carbocycles. The van der Waals surface area contributed by atoms with Crippen molar-refractivity contribution in [3.63, 3.8) is 0 Å². The van der Waals surface area contributed by atoms with E-state index in [0.717, 1.165) is 6.07 Å². The normalized spacial score (nSPS) is 9.38. The number of hydrogen-bond donors (Lipinski definition) is 4.